The molecule has 1 aromatic heterocycles. The Kier molecular flexibility index (Phi) is 5.24. The van der Waals surface area contributed by atoms with Gasteiger partial charge in [0.1, 0.15) is 11.9 Å². The second-order valence-corrected chi connectivity index (χ2v) is 6.27. The van der Waals surface area contributed by atoms with Gasteiger partial charge in [-0.05, 0) is 49.7 Å². The van der Waals surface area contributed by atoms with Gasteiger partial charge in [-0.3, -0.25) is 9.36 Å². The number of para-hydroxylation sites is 1. The van der Waals surface area contributed by atoms with Crippen LogP contribution in [0.15, 0.2) is 53.3 Å². The lowest BCUT2D eigenvalue weighted by Crippen LogP contribution is -2.85. The lowest BCUT2D eigenvalue weighted by Gasteiger charge is -2.17. The summed E-state index contributed by atoms with van der Waals surface area (Å²) < 4.78 is 14.9. The smallest absolute Gasteiger partial charge is 0.266 e. The van der Waals surface area contributed by atoms with E-state index in [4.69, 9.17) is 4.98 Å². The first-order chi connectivity index (χ1) is 12.1. The molecule has 1 atom stereocenters. The van der Waals surface area contributed by atoms with E-state index in [0.29, 0.717) is 22.4 Å². The van der Waals surface area contributed by atoms with Gasteiger partial charge >= 0.3 is 0 Å². The Morgan fingerprint density at radius 2 is 1.88 bits per heavy atom. The number of hydrogen-bond acceptors (Lipinski definition) is 2. The van der Waals surface area contributed by atoms with E-state index in [9.17, 15) is 9.18 Å². The largest absolute Gasteiger partial charge is 0.338 e. The molecule has 3 aromatic rings. The van der Waals surface area contributed by atoms with Crippen molar-refractivity contribution in [3.05, 3.63) is 70.5 Å². The van der Waals surface area contributed by atoms with E-state index < -0.39 is 0 Å². The summed E-state index contributed by atoms with van der Waals surface area (Å²) in [4.78, 5) is 17.8. The molecular formula is C20H23FN3O+. The molecular weight excluding hydrogens is 317 g/mol. The summed E-state index contributed by atoms with van der Waals surface area (Å²) in [5, 5.41) is 2.76. The molecule has 0 saturated heterocycles. The Labute approximate surface area is 146 Å². The SMILES string of the molecule is CCCC[NH2+][C@H](C)c1nc2ccccc2c(=O)n1-c1ccc(F)cc1. The second-order valence-electron chi connectivity index (χ2n) is 6.27. The standard InChI is InChI=1S/C20H22FN3O/c1-3-4-13-22-14(2)19-23-18-8-6-5-7-17(18)20(25)24(19)16-11-9-15(21)10-12-16/h5-12,14,22H,3-4,13H2,1-2H3/p+1/t14-/m1/s1. The highest BCUT2D eigenvalue weighted by atomic mass is 19.1. The van der Waals surface area contributed by atoms with Crippen LogP contribution in [0.2, 0.25) is 0 Å². The molecule has 0 bridgehead atoms. The average molecular weight is 340 g/mol. The fourth-order valence-corrected chi connectivity index (χ4v) is 2.97. The number of quaternary nitrogens is 1. The summed E-state index contributed by atoms with van der Waals surface area (Å²) in [6.07, 6.45) is 2.23. The molecule has 1 heterocycles. The number of hydrogen-bond donors (Lipinski definition) is 1. The third-order valence-electron chi connectivity index (χ3n) is 4.37. The topological polar surface area (TPSA) is 51.5 Å². The van der Waals surface area contributed by atoms with Crippen molar-refractivity contribution in [2.45, 2.75) is 32.7 Å². The first-order valence-electron chi connectivity index (χ1n) is 8.72. The first-order valence-corrected chi connectivity index (χ1v) is 8.72. The van der Waals surface area contributed by atoms with E-state index in [-0.39, 0.29) is 17.4 Å². The number of benzene rings is 2. The molecule has 0 aliphatic carbocycles. The lowest BCUT2D eigenvalue weighted by atomic mass is 10.2. The predicted octanol–water partition coefficient (Wildman–Crippen LogP) is 2.95. The van der Waals surface area contributed by atoms with E-state index in [1.54, 1.807) is 22.8 Å². The summed E-state index contributed by atoms with van der Waals surface area (Å²) in [6, 6.07) is 13.3. The van der Waals surface area contributed by atoms with Crippen molar-refractivity contribution >= 4 is 10.9 Å². The van der Waals surface area contributed by atoms with Gasteiger partial charge in [-0.2, -0.15) is 0 Å². The molecule has 0 aliphatic rings. The van der Waals surface area contributed by atoms with Crippen LogP contribution < -0.4 is 10.9 Å². The zero-order valence-corrected chi connectivity index (χ0v) is 14.6. The molecule has 2 N–H and O–H groups in total. The summed E-state index contributed by atoms with van der Waals surface area (Å²) >= 11 is 0. The van der Waals surface area contributed by atoms with E-state index in [2.05, 4.69) is 12.2 Å². The van der Waals surface area contributed by atoms with Crippen LogP contribution in [0, 0.1) is 5.82 Å². The maximum absolute atomic E-state index is 13.3. The van der Waals surface area contributed by atoms with Crippen LogP contribution in [0.25, 0.3) is 16.6 Å². The van der Waals surface area contributed by atoms with Gasteiger partial charge in [0.25, 0.3) is 5.56 Å². The monoisotopic (exact) mass is 340 g/mol. The molecule has 0 aliphatic heterocycles. The summed E-state index contributed by atoms with van der Waals surface area (Å²) in [7, 11) is 0. The van der Waals surface area contributed by atoms with Crippen LogP contribution in [0.5, 0.6) is 0 Å². The number of rotatable bonds is 6. The third-order valence-corrected chi connectivity index (χ3v) is 4.37. The van der Waals surface area contributed by atoms with Crippen LogP contribution >= 0.6 is 0 Å². The van der Waals surface area contributed by atoms with Crippen LogP contribution in [0.3, 0.4) is 0 Å². The van der Waals surface area contributed by atoms with Gasteiger partial charge in [0.2, 0.25) is 0 Å². The molecule has 3 rings (SSSR count). The molecule has 4 nitrogen and oxygen atoms in total. The molecule has 130 valence electrons. The molecule has 0 saturated carbocycles. The summed E-state index contributed by atoms with van der Waals surface area (Å²) in [5.74, 6) is 0.362. The molecule has 25 heavy (non-hydrogen) atoms. The van der Waals surface area contributed by atoms with Gasteiger partial charge in [-0.15, -0.1) is 0 Å². The molecule has 0 fully saturated rings. The maximum atomic E-state index is 13.3. The first kappa shape index (κ1) is 17.3. The van der Waals surface area contributed by atoms with Gasteiger partial charge in [0.15, 0.2) is 5.82 Å². The zero-order chi connectivity index (χ0) is 17.8. The quantitative estimate of drug-likeness (QED) is 0.702. The lowest BCUT2D eigenvalue weighted by molar-refractivity contribution is -0.694. The predicted molar refractivity (Wildman–Crippen MR) is 97.4 cm³/mol. The number of unbranched alkanes of at least 4 members (excludes halogenated alkanes) is 1. The molecule has 0 spiro atoms. The Morgan fingerprint density at radius 3 is 2.60 bits per heavy atom. The summed E-state index contributed by atoms with van der Waals surface area (Å²) in [5.41, 5.74) is 1.20. The summed E-state index contributed by atoms with van der Waals surface area (Å²) in [6.45, 7) is 5.18. The Morgan fingerprint density at radius 1 is 1.16 bits per heavy atom. The van der Waals surface area contributed by atoms with E-state index in [0.717, 1.165) is 19.4 Å². The van der Waals surface area contributed by atoms with Gasteiger partial charge in [0.05, 0.1) is 23.1 Å². The Bertz CT molecular complexity index is 918. The minimum atomic E-state index is -0.324. The van der Waals surface area contributed by atoms with Crippen LogP contribution in [0.1, 0.15) is 38.6 Å². The van der Waals surface area contributed by atoms with E-state index >= 15 is 0 Å². The minimum Gasteiger partial charge on any atom is -0.338 e. The van der Waals surface area contributed by atoms with Crippen LogP contribution in [0.4, 0.5) is 4.39 Å². The van der Waals surface area contributed by atoms with E-state index in [1.807, 2.05) is 25.1 Å². The molecule has 0 unspecified atom stereocenters. The highest BCUT2D eigenvalue weighted by molar-refractivity contribution is 5.77. The van der Waals surface area contributed by atoms with Crippen LogP contribution in [-0.2, 0) is 0 Å². The number of halogens is 1. The van der Waals surface area contributed by atoms with Gasteiger partial charge in [-0.1, -0.05) is 25.5 Å². The van der Waals surface area contributed by atoms with Crippen molar-refractivity contribution in [2.24, 2.45) is 0 Å². The van der Waals surface area contributed by atoms with Gasteiger partial charge in [0, 0.05) is 0 Å². The second kappa shape index (κ2) is 7.57. The van der Waals surface area contributed by atoms with Crippen molar-refractivity contribution in [2.75, 3.05) is 6.54 Å². The third kappa shape index (κ3) is 3.61. The van der Waals surface area contributed by atoms with Crippen molar-refractivity contribution < 1.29 is 9.71 Å². The number of aromatic nitrogens is 2. The molecule has 2 aromatic carbocycles. The van der Waals surface area contributed by atoms with Crippen molar-refractivity contribution in [3.8, 4) is 5.69 Å². The molecule has 0 amide bonds. The normalized spacial score (nSPS) is 12.4. The minimum absolute atomic E-state index is 0.0221. The number of fused-ring (bicyclic) bond motifs is 1. The highest BCUT2D eigenvalue weighted by Crippen LogP contribution is 2.16. The maximum Gasteiger partial charge on any atom is 0.266 e. The average Bonchev–Trinajstić information content (AvgIpc) is 2.63. The fraction of sp³-hybridized carbons (Fsp3) is 0.300. The molecule has 5 heteroatoms. The number of nitrogens with two attached hydrogens (primary N) is 1. The van der Waals surface area contributed by atoms with Crippen LogP contribution in [-0.4, -0.2) is 16.1 Å². The van der Waals surface area contributed by atoms with Gasteiger partial charge in [-0.25, -0.2) is 9.37 Å². The highest BCUT2D eigenvalue weighted by Gasteiger charge is 2.19. The Hall–Kier alpha value is -2.53. The van der Waals surface area contributed by atoms with Crippen molar-refractivity contribution in [1.29, 1.82) is 0 Å². The van der Waals surface area contributed by atoms with Crippen molar-refractivity contribution in [1.82, 2.24) is 9.55 Å². The van der Waals surface area contributed by atoms with Crippen molar-refractivity contribution in [3.63, 3.8) is 0 Å². The fourth-order valence-electron chi connectivity index (χ4n) is 2.97. The van der Waals surface area contributed by atoms with E-state index in [1.165, 1.54) is 12.1 Å². The van der Waals surface area contributed by atoms with Gasteiger partial charge < -0.3 is 5.32 Å². The zero-order valence-electron chi connectivity index (χ0n) is 14.6. The molecule has 0 radical (unpaired) electrons. The number of nitrogens with zero attached hydrogens (tertiary/aromatic N) is 2. The Balaban J connectivity index is 2.17.